The van der Waals surface area contributed by atoms with Crippen LogP contribution in [-0.2, 0) is 11.3 Å². The van der Waals surface area contributed by atoms with Gasteiger partial charge in [-0.3, -0.25) is 4.99 Å². The minimum atomic E-state index is 0.201. The lowest BCUT2D eigenvalue weighted by atomic mass is 10.2. The Morgan fingerprint density at radius 1 is 1.38 bits per heavy atom. The Hall–Kier alpha value is -1.86. The third-order valence-electron chi connectivity index (χ3n) is 4.14. The third-order valence-corrected chi connectivity index (χ3v) is 4.14. The Balaban J connectivity index is 1.97. The molecule has 1 fully saturated rings. The molecule has 0 aliphatic carbocycles. The van der Waals surface area contributed by atoms with Gasteiger partial charge in [0.25, 0.3) is 0 Å². The van der Waals surface area contributed by atoms with Crippen LogP contribution in [0.3, 0.4) is 0 Å². The van der Waals surface area contributed by atoms with Crippen LogP contribution in [0.5, 0.6) is 0 Å². The van der Waals surface area contributed by atoms with Gasteiger partial charge in [-0.25, -0.2) is 4.98 Å². The van der Waals surface area contributed by atoms with Crippen molar-refractivity contribution in [2.24, 2.45) is 4.99 Å². The monoisotopic (exact) mass is 334 g/mol. The first-order chi connectivity index (χ1) is 11.6. The minimum absolute atomic E-state index is 0.201. The number of hydrogen-bond donors (Lipinski definition) is 2. The Labute approximate surface area is 145 Å². The maximum Gasteiger partial charge on any atom is 0.191 e. The molecule has 2 N–H and O–H groups in total. The predicted molar refractivity (Wildman–Crippen MR) is 98.6 cm³/mol. The molecular weight excluding hydrogens is 304 g/mol. The molecule has 0 radical (unpaired) electrons. The number of aromatic nitrogens is 1. The summed E-state index contributed by atoms with van der Waals surface area (Å²) in [5, 5.41) is 6.69. The summed E-state index contributed by atoms with van der Waals surface area (Å²) in [7, 11) is 5.64. The first-order valence-electron chi connectivity index (χ1n) is 8.47. The minimum Gasteiger partial charge on any atom is -0.383 e. The van der Waals surface area contributed by atoms with E-state index >= 15 is 0 Å². The summed E-state index contributed by atoms with van der Waals surface area (Å²) in [5.74, 6) is 1.84. The van der Waals surface area contributed by atoms with Crippen molar-refractivity contribution in [2.45, 2.75) is 19.5 Å². The molecule has 2 rings (SSSR count). The van der Waals surface area contributed by atoms with Gasteiger partial charge in [0, 0.05) is 64.7 Å². The number of rotatable bonds is 6. The van der Waals surface area contributed by atoms with Crippen LogP contribution in [0.2, 0.25) is 0 Å². The molecule has 2 heterocycles. The molecular formula is C17H30N6O. The van der Waals surface area contributed by atoms with Crippen LogP contribution in [0.15, 0.2) is 23.3 Å². The summed E-state index contributed by atoms with van der Waals surface area (Å²) in [6.45, 7) is 7.56. The first-order valence-corrected chi connectivity index (χ1v) is 8.47. The molecule has 1 aromatic heterocycles. The summed E-state index contributed by atoms with van der Waals surface area (Å²) in [4.78, 5) is 13.6. The molecule has 1 aliphatic rings. The Kier molecular flexibility index (Phi) is 7.27. The van der Waals surface area contributed by atoms with Crippen molar-refractivity contribution in [1.29, 1.82) is 0 Å². The first kappa shape index (κ1) is 18.5. The van der Waals surface area contributed by atoms with Crippen molar-refractivity contribution >= 4 is 11.8 Å². The fourth-order valence-corrected chi connectivity index (χ4v) is 2.77. The molecule has 134 valence electrons. The summed E-state index contributed by atoms with van der Waals surface area (Å²) < 4.78 is 5.15. The van der Waals surface area contributed by atoms with E-state index in [0.717, 1.165) is 38.0 Å². The number of ether oxygens (including phenoxy) is 1. The van der Waals surface area contributed by atoms with E-state index in [1.54, 1.807) is 14.2 Å². The molecule has 24 heavy (non-hydrogen) atoms. The lowest BCUT2D eigenvalue weighted by Crippen LogP contribution is -2.46. The molecule has 1 saturated heterocycles. The van der Waals surface area contributed by atoms with Crippen LogP contribution < -0.4 is 15.5 Å². The van der Waals surface area contributed by atoms with E-state index in [0.29, 0.717) is 13.2 Å². The van der Waals surface area contributed by atoms with Crippen molar-refractivity contribution < 1.29 is 4.74 Å². The standard InChI is InChI=1S/C17H30N6O/c1-14(13-24-4)21-17(18-2)20-12-15-6-5-7-19-16(15)23-10-8-22(3)9-11-23/h5-7,14H,8-13H2,1-4H3,(H2,18,20,21). The van der Waals surface area contributed by atoms with Crippen molar-refractivity contribution in [2.75, 3.05) is 58.9 Å². The average Bonchev–Trinajstić information content (AvgIpc) is 2.60. The molecule has 1 atom stereocenters. The van der Waals surface area contributed by atoms with Gasteiger partial charge in [-0.15, -0.1) is 0 Å². The lowest BCUT2D eigenvalue weighted by molar-refractivity contribution is 0.179. The highest BCUT2D eigenvalue weighted by Gasteiger charge is 2.18. The molecule has 1 unspecified atom stereocenters. The van der Waals surface area contributed by atoms with Gasteiger partial charge in [-0.2, -0.15) is 0 Å². The maximum atomic E-state index is 5.15. The van der Waals surface area contributed by atoms with Crippen LogP contribution in [-0.4, -0.2) is 75.9 Å². The van der Waals surface area contributed by atoms with E-state index in [4.69, 9.17) is 4.74 Å². The number of nitrogens with zero attached hydrogens (tertiary/aromatic N) is 4. The summed E-state index contributed by atoms with van der Waals surface area (Å²) in [6.07, 6.45) is 1.87. The van der Waals surface area contributed by atoms with Gasteiger partial charge in [0.1, 0.15) is 5.82 Å². The van der Waals surface area contributed by atoms with Gasteiger partial charge in [-0.05, 0) is 20.0 Å². The van der Waals surface area contributed by atoms with Gasteiger partial charge < -0.3 is 25.2 Å². The summed E-state index contributed by atoms with van der Waals surface area (Å²) >= 11 is 0. The second-order valence-corrected chi connectivity index (χ2v) is 6.20. The van der Waals surface area contributed by atoms with Gasteiger partial charge in [0.15, 0.2) is 5.96 Å². The van der Waals surface area contributed by atoms with Crippen molar-refractivity contribution in [3.05, 3.63) is 23.9 Å². The number of guanidine groups is 1. The van der Waals surface area contributed by atoms with Crippen LogP contribution in [0.25, 0.3) is 0 Å². The highest BCUT2D eigenvalue weighted by molar-refractivity contribution is 5.80. The molecule has 0 spiro atoms. The largest absolute Gasteiger partial charge is 0.383 e. The molecule has 0 bridgehead atoms. The molecule has 1 aliphatic heterocycles. The quantitative estimate of drug-likeness (QED) is 0.585. The van der Waals surface area contributed by atoms with E-state index in [1.807, 2.05) is 12.3 Å². The predicted octanol–water partition coefficient (Wildman–Crippen LogP) is 0.533. The van der Waals surface area contributed by atoms with E-state index in [9.17, 15) is 0 Å². The number of likely N-dealkylation sites (N-methyl/N-ethyl adjacent to an activating group) is 1. The fraction of sp³-hybridized carbons (Fsp3) is 0.647. The van der Waals surface area contributed by atoms with E-state index in [1.165, 1.54) is 5.56 Å². The fourth-order valence-electron chi connectivity index (χ4n) is 2.77. The highest BCUT2D eigenvalue weighted by Crippen LogP contribution is 2.18. The molecule has 0 aromatic carbocycles. The highest BCUT2D eigenvalue weighted by atomic mass is 16.5. The normalized spacial score (nSPS) is 17.7. The zero-order valence-corrected chi connectivity index (χ0v) is 15.2. The summed E-state index contributed by atoms with van der Waals surface area (Å²) in [5.41, 5.74) is 1.18. The topological polar surface area (TPSA) is 65.0 Å². The zero-order valence-electron chi connectivity index (χ0n) is 15.2. The van der Waals surface area contributed by atoms with Crippen LogP contribution in [0.4, 0.5) is 5.82 Å². The summed E-state index contributed by atoms with van der Waals surface area (Å²) in [6, 6.07) is 4.31. The average molecular weight is 334 g/mol. The Morgan fingerprint density at radius 3 is 2.79 bits per heavy atom. The SMILES string of the molecule is CN=C(NCc1cccnc1N1CCN(C)CC1)NC(C)COC. The van der Waals surface area contributed by atoms with E-state index in [2.05, 4.69) is 50.4 Å². The number of anilines is 1. The van der Waals surface area contributed by atoms with Gasteiger partial charge in [0.2, 0.25) is 0 Å². The number of methoxy groups -OCH3 is 1. The van der Waals surface area contributed by atoms with E-state index < -0.39 is 0 Å². The second kappa shape index (κ2) is 9.44. The van der Waals surface area contributed by atoms with Gasteiger partial charge in [-0.1, -0.05) is 6.07 Å². The second-order valence-electron chi connectivity index (χ2n) is 6.20. The Morgan fingerprint density at radius 2 is 2.12 bits per heavy atom. The van der Waals surface area contributed by atoms with Crippen molar-refractivity contribution in [3.63, 3.8) is 0 Å². The number of nitrogens with one attached hydrogen (secondary N) is 2. The number of pyridine rings is 1. The molecule has 1 aromatic rings. The smallest absolute Gasteiger partial charge is 0.191 e. The van der Waals surface area contributed by atoms with Crippen LogP contribution in [0, 0.1) is 0 Å². The number of hydrogen-bond acceptors (Lipinski definition) is 5. The molecule has 7 heteroatoms. The van der Waals surface area contributed by atoms with Crippen LogP contribution in [0.1, 0.15) is 12.5 Å². The van der Waals surface area contributed by atoms with Gasteiger partial charge in [0.05, 0.1) is 6.61 Å². The van der Waals surface area contributed by atoms with Crippen LogP contribution >= 0.6 is 0 Å². The number of piperazine rings is 1. The molecule has 7 nitrogen and oxygen atoms in total. The van der Waals surface area contributed by atoms with Crippen molar-refractivity contribution in [1.82, 2.24) is 20.5 Å². The van der Waals surface area contributed by atoms with Gasteiger partial charge >= 0.3 is 0 Å². The molecule has 0 amide bonds. The van der Waals surface area contributed by atoms with Crippen molar-refractivity contribution in [3.8, 4) is 0 Å². The molecule has 0 saturated carbocycles. The maximum absolute atomic E-state index is 5.15. The Bertz CT molecular complexity index is 528. The lowest BCUT2D eigenvalue weighted by Gasteiger charge is -2.34. The van der Waals surface area contributed by atoms with E-state index in [-0.39, 0.29) is 6.04 Å². The number of aliphatic imine (C=N–C) groups is 1. The zero-order chi connectivity index (χ0) is 17.4. The third kappa shape index (κ3) is 5.35.